The lowest BCUT2D eigenvalue weighted by Gasteiger charge is -2.36. The smallest absolute Gasteiger partial charge is 0.229 e. The number of nitrogens with one attached hydrogen (secondary N) is 1. The standard InChI is InChI=1S/C21H19FN6/c22-18-6-1-2-7-19(18)27-10-12-28(13-11-27)20-8-9-24-21(26-20)25-17-5-3-4-16(14-17)15-23/h1-9,14H,10-13H2,(H,24,25,26). The van der Waals surface area contributed by atoms with Crippen molar-refractivity contribution in [2.75, 3.05) is 41.3 Å². The Morgan fingerprint density at radius 1 is 0.964 bits per heavy atom. The molecule has 3 aromatic rings. The van der Waals surface area contributed by atoms with E-state index in [9.17, 15) is 4.39 Å². The van der Waals surface area contributed by atoms with Crippen LogP contribution in [-0.4, -0.2) is 36.1 Å². The van der Waals surface area contributed by atoms with Crippen molar-refractivity contribution in [1.29, 1.82) is 5.26 Å². The zero-order valence-corrected chi connectivity index (χ0v) is 15.2. The van der Waals surface area contributed by atoms with Crippen LogP contribution < -0.4 is 15.1 Å². The van der Waals surface area contributed by atoms with Crippen LogP contribution in [0.25, 0.3) is 0 Å². The maximum atomic E-state index is 14.0. The SMILES string of the molecule is N#Cc1cccc(Nc2nccc(N3CCN(c4ccccc4F)CC3)n2)c1. The molecule has 0 radical (unpaired) electrons. The van der Waals surface area contributed by atoms with E-state index >= 15 is 0 Å². The second kappa shape index (κ2) is 7.92. The van der Waals surface area contributed by atoms with Crippen molar-refractivity contribution in [1.82, 2.24) is 9.97 Å². The number of hydrogen-bond donors (Lipinski definition) is 1. The largest absolute Gasteiger partial charge is 0.366 e. The van der Waals surface area contributed by atoms with Crippen LogP contribution in [0.5, 0.6) is 0 Å². The molecule has 1 aliphatic rings. The number of hydrogen-bond acceptors (Lipinski definition) is 6. The summed E-state index contributed by atoms with van der Waals surface area (Å²) in [5.41, 5.74) is 1.98. The molecule has 1 fully saturated rings. The summed E-state index contributed by atoms with van der Waals surface area (Å²) in [5, 5.41) is 12.2. The van der Waals surface area contributed by atoms with E-state index in [1.54, 1.807) is 24.4 Å². The van der Waals surface area contributed by atoms with Crippen molar-refractivity contribution in [2.45, 2.75) is 0 Å². The molecule has 0 saturated carbocycles. The second-order valence-electron chi connectivity index (χ2n) is 6.48. The van der Waals surface area contributed by atoms with Gasteiger partial charge >= 0.3 is 0 Å². The van der Waals surface area contributed by atoms with Crippen molar-refractivity contribution < 1.29 is 4.39 Å². The van der Waals surface area contributed by atoms with E-state index in [2.05, 4.69) is 31.2 Å². The fraction of sp³-hybridized carbons (Fsp3) is 0.190. The summed E-state index contributed by atoms with van der Waals surface area (Å²) in [4.78, 5) is 13.1. The van der Waals surface area contributed by atoms with E-state index in [1.165, 1.54) is 6.07 Å². The highest BCUT2D eigenvalue weighted by Gasteiger charge is 2.20. The molecule has 4 rings (SSSR count). The Morgan fingerprint density at radius 2 is 1.75 bits per heavy atom. The molecule has 0 spiro atoms. The van der Waals surface area contributed by atoms with Gasteiger partial charge in [0, 0.05) is 38.1 Å². The van der Waals surface area contributed by atoms with Crippen LogP contribution in [0.15, 0.2) is 60.8 Å². The third-order valence-electron chi connectivity index (χ3n) is 4.69. The molecule has 140 valence electrons. The van der Waals surface area contributed by atoms with Crippen molar-refractivity contribution >= 4 is 23.1 Å². The molecule has 1 saturated heterocycles. The lowest BCUT2D eigenvalue weighted by atomic mass is 10.2. The van der Waals surface area contributed by atoms with Crippen LogP contribution in [0, 0.1) is 17.1 Å². The number of anilines is 4. The van der Waals surface area contributed by atoms with Crippen LogP contribution in [0.4, 0.5) is 27.5 Å². The zero-order chi connectivity index (χ0) is 19.3. The van der Waals surface area contributed by atoms with Gasteiger partial charge in [-0.15, -0.1) is 0 Å². The molecule has 2 heterocycles. The minimum Gasteiger partial charge on any atom is -0.366 e. The molecule has 0 unspecified atom stereocenters. The molecular weight excluding hydrogens is 355 g/mol. The lowest BCUT2D eigenvalue weighted by molar-refractivity contribution is 0.596. The Bertz CT molecular complexity index is 1010. The van der Waals surface area contributed by atoms with Crippen molar-refractivity contribution in [3.63, 3.8) is 0 Å². The zero-order valence-electron chi connectivity index (χ0n) is 15.2. The van der Waals surface area contributed by atoms with Gasteiger partial charge in [-0.2, -0.15) is 10.2 Å². The first-order valence-corrected chi connectivity index (χ1v) is 9.07. The molecule has 1 aromatic heterocycles. The van der Waals surface area contributed by atoms with Gasteiger partial charge in [0.15, 0.2) is 0 Å². The molecule has 1 N–H and O–H groups in total. The Kier molecular flexibility index (Phi) is 5.02. The Balaban J connectivity index is 1.44. The topological polar surface area (TPSA) is 68.1 Å². The summed E-state index contributed by atoms with van der Waals surface area (Å²) in [5.74, 6) is 1.11. The number of aromatic nitrogens is 2. The van der Waals surface area contributed by atoms with Crippen LogP contribution in [-0.2, 0) is 0 Å². The molecule has 0 aliphatic carbocycles. The van der Waals surface area contributed by atoms with Gasteiger partial charge in [0.1, 0.15) is 11.6 Å². The van der Waals surface area contributed by atoms with E-state index in [-0.39, 0.29) is 5.82 Å². The van der Waals surface area contributed by atoms with Gasteiger partial charge in [-0.25, -0.2) is 9.37 Å². The Morgan fingerprint density at radius 3 is 2.54 bits per heavy atom. The molecular formula is C21H19FN6. The number of para-hydroxylation sites is 1. The Hall–Kier alpha value is -3.66. The van der Waals surface area contributed by atoms with Crippen LogP contribution in [0.1, 0.15) is 5.56 Å². The number of piperazine rings is 1. The van der Waals surface area contributed by atoms with E-state index in [1.807, 2.05) is 30.3 Å². The first-order chi connectivity index (χ1) is 13.7. The number of halogens is 1. The van der Waals surface area contributed by atoms with Crippen LogP contribution in [0.3, 0.4) is 0 Å². The van der Waals surface area contributed by atoms with Gasteiger partial charge in [-0.3, -0.25) is 0 Å². The highest BCUT2D eigenvalue weighted by molar-refractivity contribution is 5.58. The summed E-state index contributed by atoms with van der Waals surface area (Å²) < 4.78 is 14.0. The van der Waals surface area contributed by atoms with E-state index < -0.39 is 0 Å². The van der Waals surface area contributed by atoms with Crippen molar-refractivity contribution in [3.05, 3.63) is 72.2 Å². The predicted octanol–water partition coefficient (Wildman–Crippen LogP) is 3.56. The summed E-state index contributed by atoms with van der Waals surface area (Å²) in [6, 6.07) is 18.0. The number of rotatable bonds is 4. The van der Waals surface area contributed by atoms with Gasteiger partial charge in [-0.05, 0) is 36.4 Å². The molecule has 7 heteroatoms. The summed E-state index contributed by atoms with van der Waals surface area (Å²) in [6.45, 7) is 2.93. The summed E-state index contributed by atoms with van der Waals surface area (Å²) >= 11 is 0. The fourth-order valence-electron chi connectivity index (χ4n) is 3.27. The number of nitriles is 1. The number of nitrogens with zero attached hydrogens (tertiary/aromatic N) is 5. The maximum absolute atomic E-state index is 14.0. The van der Waals surface area contributed by atoms with E-state index in [0.29, 0.717) is 17.2 Å². The first kappa shape index (κ1) is 17.7. The van der Waals surface area contributed by atoms with E-state index in [4.69, 9.17) is 5.26 Å². The van der Waals surface area contributed by atoms with Gasteiger partial charge in [0.2, 0.25) is 5.95 Å². The van der Waals surface area contributed by atoms with Crippen molar-refractivity contribution in [2.24, 2.45) is 0 Å². The molecule has 28 heavy (non-hydrogen) atoms. The van der Waals surface area contributed by atoms with Gasteiger partial charge in [0.25, 0.3) is 0 Å². The quantitative estimate of drug-likeness (QED) is 0.753. The minimum atomic E-state index is -0.191. The third kappa shape index (κ3) is 3.86. The average molecular weight is 374 g/mol. The highest BCUT2D eigenvalue weighted by Crippen LogP contribution is 2.23. The van der Waals surface area contributed by atoms with E-state index in [0.717, 1.165) is 37.7 Å². The minimum absolute atomic E-state index is 0.191. The molecule has 0 bridgehead atoms. The van der Waals surface area contributed by atoms with Crippen molar-refractivity contribution in [3.8, 4) is 6.07 Å². The van der Waals surface area contributed by atoms with Crippen LogP contribution in [0.2, 0.25) is 0 Å². The molecule has 0 atom stereocenters. The third-order valence-corrected chi connectivity index (χ3v) is 4.69. The highest BCUT2D eigenvalue weighted by atomic mass is 19.1. The molecule has 1 aliphatic heterocycles. The van der Waals surface area contributed by atoms with Gasteiger partial charge in [0.05, 0.1) is 17.3 Å². The number of benzene rings is 2. The second-order valence-corrected chi connectivity index (χ2v) is 6.48. The maximum Gasteiger partial charge on any atom is 0.229 e. The van der Waals surface area contributed by atoms with Crippen LogP contribution >= 0.6 is 0 Å². The lowest BCUT2D eigenvalue weighted by Crippen LogP contribution is -2.47. The summed E-state index contributed by atoms with van der Waals surface area (Å²) in [6.07, 6.45) is 1.71. The molecule has 0 amide bonds. The summed E-state index contributed by atoms with van der Waals surface area (Å²) in [7, 11) is 0. The predicted molar refractivity (Wildman–Crippen MR) is 107 cm³/mol. The normalized spacial score (nSPS) is 13.9. The fourth-order valence-corrected chi connectivity index (χ4v) is 3.27. The molecule has 2 aromatic carbocycles. The van der Waals surface area contributed by atoms with Gasteiger partial charge < -0.3 is 15.1 Å². The average Bonchev–Trinajstić information content (AvgIpc) is 2.75. The van der Waals surface area contributed by atoms with Gasteiger partial charge in [-0.1, -0.05) is 18.2 Å². The Labute approximate surface area is 162 Å². The monoisotopic (exact) mass is 374 g/mol. The molecule has 6 nitrogen and oxygen atoms in total. The first-order valence-electron chi connectivity index (χ1n) is 9.07.